The number of rotatable bonds is 5. The van der Waals surface area contributed by atoms with Gasteiger partial charge in [-0.15, -0.1) is 11.3 Å². The Balaban J connectivity index is 1.95. The summed E-state index contributed by atoms with van der Waals surface area (Å²) in [6.07, 6.45) is 3.05. The molecule has 1 amide bonds. The van der Waals surface area contributed by atoms with Crippen LogP contribution in [0.15, 0.2) is 5.38 Å². The standard InChI is InChI=1S/C15H26N4O2S/c1-18(2)13-5-3-11(9-20)7-19(8-13)14(21)6-4-12-10-22-15(16)17-12/h10-11,13,20H,3-9H2,1-2H3,(H2,16,17)/t11-,13+/m0/s1. The number of nitrogens with zero attached hydrogens (tertiary/aromatic N) is 3. The summed E-state index contributed by atoms with van der Waals surface area (Å²) >= 11 is 1.41. The molecule has 1 aromatic rings. The summed E-state index contributed by atoms with van der Waals surface area (Å²) in [7, 11) is 4.09. The number of thiazole rings is 1. The van der Waals surface area contributed by atoms with Gasteiger partial charge < -0.3 is 20.6 Å². The molecule has 0 aliphatic carbocycles. The first kappa shape index (κ1) is 17.2. The number of aliphatic hydroxyl groups is 1. The predicted molar refractivity (Wildman–Crippen MR) is 88.7 cm³/mol. The van der Waals surface area contributed by atoms with Gasteiger partial charge in [0.15, 0.2) is 5.13 Å². The Labute approximate surface area is 135 Å². The molecule has 0 bridgehead atoms. The smallest absolute Gasteiger partial charge is 0.223 e. The monoisotopic (exact) mass is 326 g/mol. The maximum Gasteiger partial charge on any atom is 0.223 e. The zero-order valence-corrected chi connectivity index (χ0v) is 14.2. The Hall–Kier alpha value is -1.18. The normalized spacial score (nSPS) is 22.8. The molecule has 1 aliphatic rings. The highest BCUT2D eigenvalue weighted by molar-refractivity contribution is 7.13. The van der Waals surface area contributed by atoms with Crippen LogP contribution < -0.4 is 5.73 Å². The SMILES string of the molecule is CN(C)[C@@H]1CC[C@H](CO)CN(C(=O)CCc2csc(N)n2)C1. The van der Waals surface area contributed by atoms with Gasteiger partial charge in [0.1, 0.15) is 0 Å². The summed E-state index contributed by atoms with van der Waals surface area (Å²) in [6, 6.07) is 0.357. The lowest BCUT2D eigenvalue weighted by Crippen LogP contribution is -2.42. The quantitative estimate of drug-likeness (QED) is 0.837. The van der Waals surface area contributed by atoms with E-state index < -0.39 is 0 Å². The summed E-state index contributed by atoms with van der Waals surface area (Å²) in [6.45, 7) is 1.53. The number of likely N-dealkylation sites (N-methyl/N-ethyl adjacent to an activating group) is 1. The maximum atomic E-state index is 12.5. The van der Waals surface area contributed by atoms with E-state index in [1.54, 1.807) is 0 Å². The zero-order chi connectivity index (χ0) is 16.1. The number of likely N-dealkylation sites (tertiary alicyclic amines) is 1. The number of anilines is 1. The molecule has 0 spiro atoms. The summed E-state index contributed by atoms with van der Waals surface area (Å²) < 4.78 is 0. The molecule has 6 nitrogen and oxygen atoms in total. The van der Waals surface area contributed by atoms with E-state index in [2.05, 4.69) is 9.88 Å². The van der Waals surface area contributed by atoms with E-state index in [-0.39, 0.29) is 18.4 Å². The maximum absolute atomic E-state index is 12.5. The number of aliphatic hydroxyl groups excluding tert-OH is 1. The minimum atomic E-state index is 0.138. The van der Waals surface area contributed by atoms with Gasteiger partial charge in [0.2, 0.25) is 5.91 Å². The molecule has 1 fully saturated rings. The number of amides is 1. The number of carbonyl (C=O) groups is 1. The second-order valence-corrected chi connectivity index (χ2v) is 7.11. The predicted octanol–water partition coefficient (Wildman–Crippen LogP) is 0.819. The highest BCUT2D eigenvalue weighted by Crippen LogP contribution is 2.20. The van der Waals surface area contributed by atoms with E-state index in [0.717, 1.165) is 25.1 Å². The van der Waals surface area contributed by atoms with Crippen LogP contribution in [0, 0.1) is 5.92 Å². The highest BCUT2D eigenvalue weighted by atomic mass is 32.1. The molecular weight excluding hydrogens is 300 g/mol. The molecule has 2 rings (SSSR count). The molecular formula is C15H26N4O2S. The molecule has 0 aromatic carbocycles. The molecule has 1 aromatic heterocycles. The third kappa shape index (κ3) is 4.66. The Morgan fingerprint density at radius 3 is 2.86 bits per heavy atom. The minimum absolute atomic E-state index is 0.138. The first-order chi connectivity index (χ1) is 10.5. The lowest BCUT2D eigenvalue weighted by atomic mass is 10.0. The average molecular weight is 326 g/mol. The number of hydrogen-bond donors (Lipinski definition) is 2. The minimum Gasteiger partial charge on any atom is -0.396 e. The number of hydrogen-bond acceptors (Lipinski definition) is 6. The molecule has 1 aliphatic heterocycles. The molecule has 3 N–H and O–H groups in total. The molecule has 124 valence electrons. The van der Waals surface area contributed by atoms with Crippen molar-refractivity contribution in [3.8, 4) is 0 Å². The molecule has 0 radical (unpaired) electrons. The number of carbonyl (C=O) groups excluding carboxylic acids is 1. The zero-order valence-electron chi connectivity index (χ0n) is 13.4. The van der Waals surface area contributed by atoms with Crippen LogP contribution in [0.4, 0.5) is 5.13 Å². The fraction of sp³-hybridized carbons (Fsp3) is 0.733. The van der Waals surface area contributed by atoms with E-state index >= 15 is 0 Å². The summed E-state index contributed by atoms with van der Waals surface area (Å²) in [5, 5.41) is 11.9. The largest absolute Gasteiger partial charge is 0.396 e. The van der Waals surface area contributed by atoms with Crippen molar-refractivity contribution < 1.29 is 9.90 Å². The molecule has 1 saturated heterocycles. The van der Waals surface area contributed by atoms with Crippen LogP contribution in [0.25, 0.3) is 0 Å². The Bertz CT molecular complexity index is 492. The fourth-order valence-corrected chi connectivity index (χ4v) is 3.45. The van der Waals surface area contributed by atoms with Gasteiger partial charge in [-0.3, -0.25) is 4.79 Å². The molecule has 2 atom stereocenters. The van der Waals surface area contributed by atoms with Crippen LogP contribution >= 0.6 is 11.3 Å². The molecule has 2 heterocycles. The Kier molecular flexibility index (Phi) is 6.16. The number of nitrogens with two attached hydrogens (primary N) is 1. The van der Waals surface area contributed by atoms with Crippen molar-refractivity contribution in [3.63, 3.8) is 0 Å². The molecule has 7 heteroatoms. The number of aromatic nitrogens is 1. The van der Waals surface area contributed by atoms with Crippen molar-refractivity contribution >= 4 is 22.4 Å². The van der Waals surface area contributed by atoms with Crippen LogP contribution in [-0.2, 0) is 11.2 Å². The summed E-state index contributed by atoms with van der Waals surface area (Å²) in [5.74, 6) is 0.322. The van der Waals surface area contributed by atoms with E-state index in [4.69, 9.17) is 5.73 Å². The van der Waals surface area contributed by atoms with Gasteiger partial charge in [-0.1, -0.05) is 0 Å². The van der Waals surface area contributed by atoms with Gasteiger partial charge in [-0.25, -0.2) is 4.98 Å². The van der Waals surface area contributed by atoms with Crippen molar-refractivity contribution in [1.82, 2.24) is 14.8 Å². The molecule has 0 unspecified atom stereocenters. The van der Waals surface area contributed by atoms with Crippen LogP contribution in [0.3, 0.4) is 0 Å². The van der Waals surface area contributed by atoms with E-state index in [9.17, 15) is 9.90 Å². The first-order valence-corrected chi connectivity index (χ1v) is 8.62. The van der Waals surface area contributed by atoms with Gasteiger partial charge in [0.05, 0.1) is 5.69 Å². The number of aryl methyl sites for hydroxylation is 1. The van der Waals surface area contributed by atoms with Crippen molar-refractivity contribution in [2.75, 3.05) is 39.5 Å². The topological polar surface area (TPSA) is 82.7 Å². The summed E-state index contributed by atoms with van der Waals surface area (Å²) in [4.78, 5) is 20.8. The fourth-order valence-electron chi connectivity index (χ4n) is 2.86. The van der Waals surface area contributed by atoms with Gasteiger partial charge in [-0.05, 0) is 39.3 Å². The third-order valence-corrected chi connectivity index (χ3v) is 5.05. The lowest BCUT2D eigenvalue weighted by Gasteiger charge is -2.29. The van der Waals surface area contributed by atoms with Gasteiger partial charge in [0, 0.05) is 37.5 Å². The van der Waals surface area contributed by atoms with Crippen LogP contribution in [0.5, 0.6) is 0 Å². The van der Waals surface area contributed by atoms with Gasteiger partial charge in [0.25, 0.3) is 0 Å². The second kappa shape index (κ2) is 7.89. The molecule has 22 heavy (non-hydrogen) atoms. The van der Waals surface area contributed by atoms with E-state index in [1.807, 2.05) is 24.4 Å². The van der Waals surface area contributed by atoms with Crippen LogP contribution in [0.1, 0.15) is 25.0 Å². The van der Waals surface area contributed by atoms with Crippen LogP contribution in [-0.4, -0.2) is 65.6 Å². The lowest BCUT2D eigenvalue weighted by molar-refractivity contribution is -0.132. The summed E-state index contributed by atoms with van der Waals surface area (Å²) in [5.41, 5.74) is 6.50. The van der Waals surface area contributed by atoms with Crippen molar-refractivity contribution in [2.45, 2.75) is 31.7 Å². The first-order valence-electron chi connectivity index (χ1n) is 7.74. The third-order valence-electron chi connectivity index (χ3n) is 4.32. The average Bonchev–Trinajstić information content (AvgIpc) is 2.78. The van der Waals surface area contributed by atoms with Crippen molar-refractivity contribution in [3.05, 3.63) is 11.1 Å². The van der Waals surface area contributed by atoms with E-state index in [1.165, 1.54) is 11.3 Å². The Morgan fingerprint density at radius 2 is 2.27 bits per heavy atom. The van der Waals surface area contributed by atoms with Gasteiger partial charge in [-0.2, -0.15) is 0 Å². The molecule has 0 saturated carbocycles. The second-order valence-electron chi connectivity index (χ2n) is 6.22. The van der Waals surface area contributed by atoms with Crippen molar-refractivity contribution in [2.24, 2.45) is 5.92 Å². The Morgan fingerprint density at radius 1 is 1.50 bits per heavy atom. The van der Waals surface area contributed by atoms with Gasteiger partial charge >= 0.3 is 0 Å². The van der Waals surface area contributed by atoms with Crippen LogP contribution in [0.2, 0.25) is 0 Å². The highest BCUT2D eigenvalue weighted by Gasteiger charge is 2.27. The number of nitrogen functional groups attached to an aromatic ring is 1. The van der Waals surface area contributed by atoms with Crippen molar-refractivity contribution in [1.29, 1.82) is 0 Å². The van der Waals surface area contributed by atoms with E-state index in [0.29, 0.717) is 30.6 Å².